The Morgan fingerprint density at radius 1 is 1.38 bits per heavy atom. The van der Waals surface area contributed by atoms with Gasteiger partial charge in [-0.25, -0.2) is 0 Å². The second-order valence-corrected chi connectivity index (χ2v) is 4.12. The van der Waals surface area contributed by atoms with E-state index in [1.807, 2.05) is 0 Å². The lowest BCUT2D eigenvalue weighted by atomic mass is 10.1. The molecule has 0 bridgehead atoms. The van der Waals surface area contributed by atoms with Crippen molar-refractivity contribution in [2.75, 3.05) is 19.7 Å². The van der Waals surface area contributed by atoms with E-state index in [1.165, 1.54) is 11.1 Å². The first-order valence-corrected chi connectivity index (χ1v) is 5.73. The van der Waals surface area contributed by atoms with Crippen LogP contribution in [-0.2, 0) is 0 Å². The van der Waals surface area contributed by atoms with Crippen LogP contribution in [0.15, 0.2) is 23.2 Å². The van der Waals surface area contributed by atoms with E-state index in [9.17, 15) is 0 Å². The van der Waals surface area contributed by atoms with Crippen molar-refractivity contribution in [3.05, 3.63) is 29.3 Å². The van der Waals surface area contributed by atoms with E-state index in [4.69, 9.17) is 4.74 Å². The zero-order valence-electron chi connectivity index (χ0n) is 9.92. The van der Waals surface area contributed by atoms with Gasteiger partial charge in [0.2, 0.25) is 0 Å². The first-order chi connectivity index (χ1) is 7.75. The fourth-order valence-corrected chi connectivity index (χ4v) is 1.73. The number of aliphatic imine (C=N–C) groups is 1. The molecule has 1 aliphatic rings. The molecule has 0 amide bonds. The van der Waals surface area contributed by atoms with Gasteiger partial charge in [0.15, 0.2) is 0 Å². The molecule has 86 valence electrons. The maximum Gasteiger partial charge on any atom is 0.122 e. The van der Waals surface area contributed by atoms with Crippen LogP contribution in [0.25, 0.3) is 0 Å². The molecule has 1 heterocycles. The van der Waals surface area contributed by atoms with E-state index in [0.29, 0.717) is 6.61 Å². The molecule has 1 aromatic rings. The summed E-state index contributed by atoms with van der Waals surface area (Å²) in [4.78, 5) is 4.33. The molecule has 0 unspecified atom stereocenters. The Kier molecular flexibility index (Phi) is 3.44. The van der Waals surface area contributed by atoms with E-state index in [1.54, 1.807) is 0 Å². The van der Waals surface area contributed by atoms with Crippen molar-refractivity contribution < 1.29 is 4.74 Å². The summed E-state index contributed by atoms with van der Waals surface area (Å²) in [7, 11) is 0. The SMILES string of the molecule is Cc1ccc(C)c(OCCC2=NCCN2)c1. The minimum Gasteiger partial charge on any atom is -0.493 e. The Morgan fingerprint density at radius 2 is 2.25 bits per heavy atom. The van der Waals surface area contributed by atoms with Crippen LogP contribution in [0, 0.1) is 13.8 Å². The fraction of sp³-hybridized carbons (Fsp3) is 0.462. The fourth-order valence-electron chi connectivity index (χ4n) is 1.73. The summed E-state index contributed by atoms with van der Waals surface area (Å²) in [5.41, 5.74) is 2.42. The second kappa shape index (κ2) is 5.01. The van der Waals surface area contributed by atoms with Crippen LogP contribution in [0.5, 0.6) is 5.75 Å². The van der Waals surface area contributed by atoms with Gasteiger partial charge in [0, 0.05) is 13.0 Å². The van der Waals surface area contributed by atoms with Gasteiger partial charge in [-0.3, -0.25) is 4.99 Å². The molecule has 0 spiro atoms. The molecular weight excluding hydrogens is 200 g/mol. The molecule has 0 fully saturated rings. The number of nitrogens with zero attached hydrogens (tertiary/aromatic N) is 1. The first-order valence-electron chi connectivity index (χ1n) is 5.73. The van der Waals surface area contributed by atoms with E-state index in [0.717, 1.165) is 31.1 Å². The Labute approximate surface area is 96.5 Å². The molecule has 0 radical (unpaired) electrons. The van der Waals surface area contributed by atoms with Crippen molar-refractivity contribution in [1.82, 2.24) is 5.32 Å². The van der Waals surface area contributed by atoms with Gasteiger partial charge in [0.05, 0.1) is 19.0 Å². The normalized spacial score (nSPS) is 14.5. The largest absolute Gasteiger partial charge is 0.493 e. The Balaban J connectivity index is 1.86. The summed E-state index contributed by atoms with van der Waals surface area (Å²) in [6.07, 6.45) is 0.868. The molecule has 3 nitrogen and oxygen atoms in total. The van der Waals surface area contributed by atoms with Crippen molar-refractivity contribution in [3.8, 4) is 5.75 Å². The summed E-state index contributed by atoms with van der Waals surface area (Å²) in [5.74, 6) is 2.06. The van der Waals surface area contributed by atoms with Crippen LogP contribution in [0.2, 0.25) is 0 Å². The number of nitrogens with one attached hydrogen (secondary N) is 1. The molecule has 0 aliphatic carbocycles. The molecule has 2 rings (SSSR count). The number of rotatable bonds is 4. The smallest absolute Gasteiger partial charge is 0.122 e. The standard InChI is InChI=1S/C13H18N2O/c1-10-3-4-11(2)12(9-10)16-8-5-13-14-6-7-15-13/h3-4,9H,5-8H2,1-2H3,(H,14,15). The van der Waals surface area contributed by atoms with Gasteiger partial charge in [0.25, 0.3) is 0 Å². The van der Waals surface area contributed by atoms with E-state index < -0.39 is 0 Å². The van der Waals surface area contributed by atoms with Crippen LogP contribution < -0.4 is 10.1 Å². The molecule has 1 N–H and O–H groups in total. The average molecular weight is 218 g/mol. The molecule has 0 saturated heterocycles. The molecule has 1 aromatic carbocycles. The van der Waals surface area contributed by atoms with Gasteiger partial charge in [-0.05, 0) is 31.0 Å². The zero-order valence-corrected chi connectivity index (χ0v) is 9.92. The molecule has 16 heavy (non-hydrogen) atoms. The van der Waals surface area contributed by atoms with Crippen molar-refractivity contribution in [2.24, 2.45) is 4.99 Å². The van der Waals surface area contributed by atoms with E-state index in [2.05, 4.69) is 42.4 Å². The monoisotopic (exact) mass is 218 g/mol. The summed E-state index contributed by atoms with van der Waals surface area (Å²) in [6.45, 7) is 6.71. The Morgan fingerprint density at radius 3 is 3.00 bits per heavy atom. The Bertz CT molecular complexity index is 399. The molecule has 3 heteroatoms. The minimum atomic E-state index is 0.691. The summed E-state index contributed by atoms with van der Waals surface area (Å²) in [6, 6.07) is 6.28. The lowest BCUT2D eigenvalue weighted by molar-refractivity contribution is 0.326. The van der Waals surface area contributed by atoms with Gasteiger partial charge in [-0.2, -0.15) is 0 Å². The average Bonchev–Trinajstić information content (AvgIpc) is 2.76. The zero-order chi connectivity index (χ0) is 11.4. The molecular formula is C13H18N2O. The van der Waals surface area contributed by atoms with Gasteiger partial charge in [0.1, 0.15) is 5.75 Å². The van der Waals surface area contributed by atoms with Crippen LogP contribution in [0.1, 0.15) is 17.5 Å². The maximum absolute atomic E-state index is 5.76. The van der Waals surface area contributed by atoms with Crippen molar-refractivity contribution in [1.29, 1.82) is 0 Å². The highest BCUT2D eigenvalue weighted by atomic mass is 16.5. The predicted molar refractivity (Wildman–Crippen MR) is 66.3 cm³/mol. The van der Waals surface area contributed by atoms with Gasteiger partial charge in [-0.1, -0.05) is 12.1 Å². The molecule has 0 atom stereocenters. The third-order valence-electron chi connectivity index (χ3n) is 2.68. The number of hydrogen-bond acceptors (Lipinski definition) is 3. The Hall–Kier alpha value is -1.51. The predicted octanol–water partition coefficient (Wildman–Crippen LogP) is 2.07. The third kappa shape index (κ3) is 2.75. The number of amidine groups is 1. The van der Waals surface area contributed by atoms with E-state index >= 15 is 0 Å². The van der Waals surface area contributed by atoms with Crippen LogP contribution in [0.4, 0.5) is 0 Å². The maximum atomic E-state index is 5.76. The lowest BCUT2D eigenvalue weighted by Gasteiger charge is -2.10. The summed E-state index contributed by atoms with van der Waals surface area (Å²) >= 11 is 0. The van der Waals surface area contributed by atoms with Gasteiger partial charge in [-0.15, -0.1) is 0 Å². The summed E-state index contributed by atoms with van der Waals surface area (Å²) < 4.78 is 5.76. The quantitative estimate of drug-likeness (QED) is 0.839. The highest BCUT2D eigenvalue weighted by molar-refractivity contribution is 5.83. The molecule has 0 aromatic heterocycles. The van der Waals surface area contributed by atoms with Gasteiger partial charge >= 0.3 is 0 Å². The first kappa shape index (κ1) is 11.0. The topological polar surface area (TPSA) is 33.6 Å². The number of benzene rings is 1. The highest BCUT2D eigenvalue weighted by Crippen LogP contribution is 2.19. The molecule has 0 saturated carbocycles. The van der Waals surface area contributed by atoms with Crippen LogP contribution in [-0.4, -0.2) is 25.5 Å². The number of hydrogen-bond donors (Lipinski definition) is 1. The lowest BCUT2D eigenvalue weighted by Crippen LogP contribution is -2.20. The van der Waals surface area contributed by atoms with E-state index in [-0.39, 0.29) is 0 Å². The second-order valence-electron chi connectivity index (χ2n) is 4.12. The van der Waals surface area contributed by atoms with Crippen LogP contribution in [0.3, 0.4) is 0 Å². The van der Waals surface area contributed by atoms with Crippen molar-refractivity contribution in [3.63, 3.8) is 0 Å². The number of ether oxygens (including phenoxy) is 1. The highest BCUT2D eigenvalue weighted by Gasteiger charge is 2.05. The van der Waals surface area contributed by atoms with Gasteiger partial charge < -0.3 is 10.1 Å². The summed E-state index contributed by atoms with van der Waals surface area (Å²) in [5, 5.41) is 3.24. The van der Waals surface area contributed by atoms with Crippen molar-refractivity contribution in [2.45, 2.75) is 20.3 Å². The molecule has 1 aliphatic heterocycles. The third-order valence-corrected chi connectivity index (χ3v) is 2.68. The van der Waals surface area contributed by atoms with Crippen LogP contribution >= 0.6 is 0 Å². The number of aryl methyl sites for hydroxylation is 2. The minimum absolute atomic E-state index is 0.691. The van der Waals surface area contributed by atoms with Crippen molar-refractivity contribution >= 4 is 5.84 Å².